The van der Waals surface area contributed by atoms with Crippen LogP contribution in [-0.2, 0) is 6.42 Å². The number of aliphatic hydroxyl groups is 1. The van der Waals surface area contributed by atoms with Gasteiger partial charge in [0.25, 0.3) is 0 Å². The monoisotopic (exact) mass is 438 g/mol. The van der Waals surface area contributed by atoms with Crippen LogP contribution in [0.15, 0.2) is 10.4 Å². The number of hydrogen-bond acceptors (Lipinski definition) is 4. The third kappa shape index (κ3) is 6.37. The molecule has 2 rings (SSSR count). The molecule has 1 fully saturated rings. The standard InChI is InChI=1S/C15H26N4OS.HI/c1-3-16-15(18-9-12-5-4-6-14(12)20)17-8-7-13-10-21-11(2)19-13;/h10,12,14,20H,3-9H2,1-2H3,(H2,16,17,18);1H. The molecule has 3 N–H and O–H groups in total. The van der Waals surface area contributed by atoms with Crippen molar-refractivity contribution < 1.29 is 5.11 Å². The molecule has 5 nitrogen and oxygen atoms in total. The maximum absolute atomic E-state index is 9.84. The first-order valence-electron chi connectivity index (χ1n) is 7.80. The number of aliphatic imine (C=N–C) groups is 1. The third-order valence-electron chi connectivity index (χ3n) is 3.79. The SMILES string of the molecule is CCNC(=NCC1CCCC1O)NCCc1csc(C)n1.I. The van der Waals surface area contributed by atoms with Crippen LogP contribution in [0.25, 0.3) is 0 Å². The van der Waals surface area contributed by atoms with E-state index in [1.54, 1.807) is 11.3 Å². The number of rotatable bonds is 6. The average Bonchev–Trinajstić information content (AvgIpc) is 3.05. The number of hydrogen-bond donors (Lipinski definition) is 3. The van der Waals surface area contributed by atoms with Crippen LogP contribution in [-0.4, -0.2) is 41.8 Å². The average molecular weight is 438 g/mol. The van der Waals surface area contributed by atoms with E-state index in [9.17, 15) is 5.11 Å². The van der Waals surface area contributed by atoms with E-state index in [-0.39, 0.29) is 30.1 Å². The van der Waals surface area contributed by atoms with E-state index in [4.69, 9.17) is 0 Å². The summed E-state index contributed by atoms with van der Waals surface area (Å²) in [6.45, 7) is 6.45. The number of aromatic nitrogens is 1. The van der Waals surface area contributed by atoms with Gasteiger partial charge >= 0.3 is 0 Å². The highest BCUT2D eigenvalue weighted by atomic mass is 127. The van der Waals surface area contributed by atoms with E-state index in [1.165, 1.54) is 0 Å². The molecule has 2 unspecified atom stereocenters. The third-order valence-corrected chi connectivity index (χ3v) is 4.61. The lowest BCUT2D eigenvalue weighted by atomic mass is 10.1. The molecule has 0 aliphatic heterocycles. The van der Waals surface area contributed by atoms with E-state index in [2.05, 4.69) is 32.9 Å². The van der Waals surface area contributed by atoms with Crippen molar-refractivity contribution in [3.63, 3.8) is 0 Å². The fraction of sp³-hybridized carbons (Fsp3) is 0.733. The molecule has 22 heavy (non-hydrogen) atoms. The number of halogens is 1. The van der Waals surface area contributed by atoms with Crippen LogP contribution in [0, 0.1) is 12.8 Å². The van der Waals surface area contributed by atoms with Crippen molar-refractivity contribution in [2.24, 2.45) is 10.9 Å². The van der Waals surface area contributed by atoms with Crippen molar-refractivity contribution in [2.75, 3.05) is 19.6 Å². The van der Waals surface area contributed by atoms with Crippen molar-refractivity contribution in [3.05, 3.63) is 16.1 Å². The number of nitrogens with zero attached hydrogens (tertiary/aromatic N) is 2. The molecule has 0 spiro atoms. The van der Waals surface area contributed by atoms with Gasteiger partial charge in [0.2, 0.25) is 0 Å². The maximum atomic E-state index is 9.84. The van der Waals surface area contributed by atoms with Crippen LogP contribution in [0.3, 0.4) is 0 Å². The summed E-state index contributed by atoms with van der Waals surface area (Å²) in [7, 11) is 0. The number of nitrogens with one attached hydrogen (secondary N) is 2. The van der Waals surface area contributed by atoms with Gasteiger partial charge in [-0.1, -0.05) is 6.42 Å². The Morgan fingerprint density at radius 1 is 1.45 bits per heavy atom. The highest BCUT2D eigenvalue weighted by Crippen LogP contribution is 2.25. The predicted octanol–water partition coefficient (Wildman–Crippen LogP) is 2.33. The topological polar surface area (TPSA) is 69.5 Å². The number of guanidine groups is 1. The highest BCUT2D eigenvalue weighted by molar-refractivity contribution is 14.0. The Hall–Kier alpha value is -0.410. The zero-order valence-electron chi connectivity index (χ0n) is 13.3. The fourth-order valence-electron chi connectivity index (χ4n) is 2.61. The lowest BCUT2D eigenvalue weighted by Gasteiger charge is -2.14. The zero-order valence-corrected chi connectivity index (χ0v) is 16.5. The highest BCUT2D eigenvalue weighted by Gasteiger charge is 2.24. The van der Waals surface area contributed by atoms with Crippen molar-refractivity contribution in [1.82, 2.24) is 15.6 Å². The van der Waals surface area contributed by atoms with Crippen molar-refractivity contribution in [1.29, 1.82) is 0 Å². The quantitative estimate of drug-likeness (QED) is 0.362. The molecule has 0 radical (unpaired) electrons. The van der Waals surface area contributed by atoms with Gasteiger partial charge in [0.05, 0.1) is 16.8 Å². The van der Waals surface area contributed by atoms with Gasteiger partial charge in [-0.15, -0.1) is 35.3 Å². The normalized spacial score (nSPS) is 21.5. The Balaban J connectivity index is 0.00000242. The van der Waals surface area contributed by atoms with Crippen LogP contribution in [0.5, 0.6) is 0 Å². The van der Waals surface area contributed by atoms with E-state index >= 15 is 0 Å². The predicted molar refractivity (Wildman–Crippen MR) is 103 cm³/mol. The Bertz CT molecular complexity index is 466. The Morgan fingerprint density at radius 2 is 2.27 bits per heavy atom. The van der Waals surface area contributed by atoms with Crippen molar-refractivity contribution in [3.8, 4) is 0 Å². The summed E-state index contributed by atoms with van der Waals surface area (Å²) in [5.74, 6) is 1.16. The second-order valence-electron chi connectivity index (χ2n) is 5.51. The smallest absolute Gasteiger partial charge is 0.191 e. The molecular formula is C15H27IN4OS. The fourth-order valence-corrected chi connectivity index (χ4v) is 3.26. The molecule has 7 heteroatoms. The molecule has 1 saturated carbocycles. The van der Waals surface area contributed by atoms with Crippen LogP contribution in [0.4, 0.5) is 0 Å². The first-order chi connectivity index (χ1) is 10.2. The molecule has 1 heterocycles. The van der Waals surface area contributed by atoms with Crippen LogP contribution in [0.1, 0.15) is 36.9 Å². The number of thiazole rings is 1. The van der Waals surface area contributed by atoms with E-state index in [1.807, 2.05) is 6.92 Å². The van der Waals surface area contributed by atoms with Gasteiger partial charge in [-0.3, -0.25) is 4.99 Å². The summed E-state index contributed by atoms with van der Waals surface area (Å²) >= 11 is 1.69. The summed E-state index contributed by atoms with van der Waals surface area (Å²) in [5, 5.41) is 19.7. The molecule has 0 saturated heterocycles. The number of aliphatic hydroxyl groups excluding tert-OH is 1. The van der Waals surface area contributed by atoms with Crippen LogP contribution in [0.2, 0.25) is 0 Å². The molecule has 2 atom stereocenters. The largest absolute Gasteiger partial charge is 0.393 e. The van der Waals surface area contributed by atoms with Crippen LogP contribution >= 0.6 is 35.3 Å². The summed E-state index contributed by atoms with van der Waals surface area (Å²) in [5.41, 5.74) is 1.13. The summed E-state index contributed by atoms with van der Waals surface area (Å²) in [6, 6.07) is 0. The van der Waals surface area contributed by atoms with E-state index in [0.29, 0.717) is 12.5 Å². The molecule has 1 aromatic heterocycles. The molecule has 0 bridgehead atoms. The Kier molecular flexibility index (Phi) is 9.27. The molecule has 1 aliphatic rings. The first kappa shape index (κ1) is 19.6. The summed E-state index contributed by atoms with van der Waals surface area (Å²) < 4.78 is 0. The lowest BCUT2D eigenvalue weighted by molar-refractivity contribution is 0.136. The van der Waals surface area contributed by atoms with Gasteiger partial charge in [-0.05, 0) is 26.7 Å². The summed E-state index contributed by atoms with van der Waals surface area (Å²) in [6.07, 6.45) is 3.86. The Labute approximate surface area is 154 Å². The molecule has 1 aromatic rings. The molecule has 0 aromatic carbocycles. The minimum absolute atomic E-state index is 0. The maximum Gasteiger partial charge on any atom is 0.191 e. The van der Waals surface area contributed by atoms with Gasteiger partial charge in [-0.2, -0.15) is 0 Å². The summed E-state index contributed by atoms with van der Waals surface area (Å²) in [4.78, 5) is 9.06. The second-order valence-corrected chi connectivity index (χ2v) is 6.57. The van der Waals surface area contributed by atoms with Gasteiger partial charge in [0.1, 0.15) is 0 Å². The van der Waals surface area contributed by atoms with Gasteiger partial charge in [0, 0.05) is 37.4 Å². The second kappa shape index (κ2) is 10.4. The number of aryl methyl sites for hydroxylation is 1. The van der Waals surface area contributed by atoms with Crippen molar-refractivity contribution >= 4 is 41.3 Å². The van der Waals surface area contributed by atoms with E-state index in [0.717, 1.165) is 55.4 Å². The molecular weight excluding hydrogens is 411 g/mol. The molecule has 126 valence electrons. The van der Waals surface area contributed by atoms with E-state index < -0.39 is 0 Å². The lowest BCUT2D eigenvalue weighted by Crippen LogP contribution is -2.39. The molecule has 0 amide bonds. The minimum Gasteiger partial charge on any atom is -0.393 e. The molecule has 1 aliphatic carbocycles. The van der Waals surface area contributed by atoms with Gasteiger partial charge in [0.15, 0.2) is 5.96 Å². The van der Waals surface area contributed by atoms with Gasteiger partial charge in [-0.25, -0.2) is 4.98 Å². The zero-order chi connectivity index (χ0) is 15.1. The Morgan fingerprint density at radius 3 is 2.86 bits per heavy atom. The first-order valence-corrected chi connectivity index (χ1v) is 8.68. The van der Waals surface area contributed by atoms with Crippen molar-refractivity contribution in [2.45, 2.75) is 45.6 Å². The minimum atomic E-state index is -0.172. The van der Waals surface area contributed by atoms with Crippen LogP contribution < -0.4 is 10.6 Å². The van der Waals surface area contributed by atoms with Gasteiger partial charge < -0.3 is 15.7 Å².